The minimum Gasteiger partial charge on any atom is -0.494 e. The molecular formula is C22H20BrN3O5. The van der Waals surface area contributed by atoms with Crippen LogP contribution >= 0.6 is 15.9 Å². The Balaban J connectivity index is 1.46. The molecule has 0 spiro atoms. The lowest BCUT2D eigenvalue weighted by atomic mass is 10.1. The van der Waals surface area contributed by atoms with Gasteiger partial charge in [0.2, 0.25) is 5.91 Å². The van der Waals surface area contributed by atoms with Gasteiger partial charge in [0.15, 0.2) is 10.4 Å². The van der Waals surface area contributed by atoms with Gasteiger partial charge in [-0.3, -0.25) is 25.2 Å². The number of carbonyl (C=O) groups excluding carboxylic acids is 3. The standard InChI is InChI=1S/C22H20BrN3O5/c1-2-30-17-9-5-15(6-10-17)21(28)26-25-20(27)13-14-3-7-16(8-4-14)24-22(29)18-11-12-19(23)31-18/h3-12H,2,13H2,1H3,(H,24,29)(H,25,27)(H,26,28). The summed E-state index contributed by atoms with van der Waals surface area (Å²) in [6, 6.07) is 16.6. The van der Waals surface area contributed by atoms with Gasteiger partial charge in [0.25, 0.3) is 11.8 Å². The van der Waals surface area contributed by atoms with Crippen LogP contribution < -0.4 is 20.9 Å². The molecule has 8 nitrogen and oxygen atoms in total. The van der Waals surface area contributed by atoms with E-state index in [2.05, 4.69) is 32.1 Å². The molecular weight excluding hydrogens is 466 g/mol. The lowest BCUT2D eigenvalue weighted by Crippen LogP contribution is -2.42. The average molecular weight is 486 g/mol. The average Bonchev–Trinajstić information content (AvgIpc) is 3.21. The van der Waals surface area contributed by atoms with E-state index in [1.54, 1.807) is 60.7 Å². The number of furan rings is 1. The minimum absolute atomic E-state index is 0.0584. The fourth-order valence-electron chi connectivity index (χ4n) is 2.63. The number of nitrogens with one attached hydrogen (secondary N) is 3. The molecule has 160 valence electrons. The quantitative estimate of drug-likeness (QED) is 0.442. The SMILES string of the molecule is CCOc1ccc(C(=O)NNC(=O)Cc2ccc(NC(=O)c3ccc(Br)o3)cc2)cc1. The summed E-state index contributed by atoms with van der Waals surface area (Å²) >= 11 is 3.15. The van der Waals surface area contributed by atoms with E-state index in [9.17, 15) is 14.4 Å². The summed E-state index contributed by atoms with van der Waals surface area (Å²) in [5, 5.41) is 2.70. The smallest absolute Gasteiger partial charge is 0.291 e. The molecule has 0 fully saturated rings. The third-order valence-corrected chi connectivity index (χ3v) is 4.54. The maximum absolute atomic E-state index is 12.1. The Hall–Kier alpha value is -3.59. The Morgan fingerprint density at radius 2 is 1.61 bits per heavy atom. The molecule has 3 amide bonds. The summed E-state index contributed by atoms with van der Waals surface area (Å²) in [4.78, 5) is 36.3. The predicted octanol–water partition coefficient (Wildman–Crippen LogP) is 3.70. The van der Waals surface area contributed by atoms with Crippen LogP contribution in [0.5, 0.6) is 5.75 Å². The molecule has 9 heteroatoms. The van der Waals surface area contributed by atoms with Crippen molar-refractivity contribution in [1.82, 2.24) is 10.9 Å². The molecule has 0 atom stereocenters. The first-order valence-electron chi connectivity index (χ1n) is 9.42. The molecule has 3 rings (SSSR count). The van der Waals surface area contributed by atoms with Gasteiger partial charge in [-0.05, 0) is 76.9 Å². The monoisotopic (exact) mass is 485 g/mol. The van der Waals surface area contributed by atoms with Crippen molar-refractivity contribution in [3.63, 3.8) is 0 Å². The molecule has 0 radical (unpaired) electrons. The highest BCUT2D eigenvalue weighted by molar-refractivity contribution is 9.10. The third-order valence-electron chi connectivity index (χ3n) is 4.12. The van der Waals surface area contributed by atoms with E-state index in [1.165, 1.54) is 0 Å². The van der Waals surface area contributed by atoms with Gasteiger partial charge in [-0.2, -0.15) is 0 Å². The zero-order chi connectivity index (χ0) is 22.2. The molecule has 31 heavy (non-hydrogen) atoms. The van der Waals surface area contributed by atoms with Crippen LogP contribution in [0.3, 0.4) is 0 Å². The van der Waals surface area contributed by atoms with Crippen molar-refractivity contribution in [3.05, 3.63) is 82.2 Å². The summed E-state index contributed by atoms with van der Waals surface area (Å²) in [6.07, 6.45) is 0.0584. The van der Waals surface area contributed by atoms with Gasteiger partial charge in [-0.15, -0.1) is 0 Å². The lowest BCUT2D eigenvalue weighted by Gasteiger charge is -2.09. The summed E-state index contributed by atoms with van der Waals surface area (Å²) in [5.74, 6) is -0.345. The third kappa shape index (κ3) is 6.45. The van der Waals surface area contributed by atoms with E-state index < -0.39 is 5.91 Å². The van der Waals surface area contributed by atoms with E-state index in [4.69, 9.17) is 9.15 Å². The second-order valence-corrected chi connectivity index (χ2v) is 7.17. The van der Waals surface area contributed by atoms with Crippen LogP contribution in [-0.2, 0) is 11.2 Å². The normalized spacial score (nSPS) is 10.3. The van der Waals surface area contributed by atoms with Gasteiger partial charge in [-0.25, -0.2) is 0 Å². The number of halogens is 1. The summed E-state index contributed by atoms with van der Waals surface area (Å²) in [7, 11) is 0. The Kier molecular flexibility index (Phi) is 7.45. The first-order chi connectivity index (χ1) is 14.9. The number of hydrazine groups is 1. The van der Waals surface area contributed by atoms with Crippen LogP contribution in [0.1, 0.15) is 33.4 Å². The molecule has 0 aliphatic carbocycles. The maximum Gasteiger partial charge on any atom is 0.291 e. The van der Waals surface area contributed by atoms with Gasteiger partial charge in [0, 0.05) is 11.3 Å². The molecule has 3 aromatic rings. The van der Waals surface area contributed by atoms with Crippen molar-refractivity contribution in [2.75, 3.05) is 11.9 Å². The van der Waals surface area contributed by atoms with Gasteiger partial charge in [0.05, 0.1) is 13.0 Å². The molecule has 1 heterocycles. The predicted molar refractivity (Wildman–Crippen MR) is 118 cm³/mol. The van der Waals surface area contributed by atoms with E-state index >= 15 is 0 Å². The van der Waals surface area contributed by atoms with Crippen LogP contribution in [-0.4, -0.2) is 24.3 Å². The molecule has 0 saturated heterocycles. The second kappa shape index (κ2) is 10.4. The largest absolute Gasteiger partial charge is 0.494 e. The zero-order valence-corrected chi connectivity index (χ0v) is 18.2. The topological polar surface area (TPSA) is 110 Å². The van der Waals surface area contributed by atoms with Gasteiger partial charge < -0.3 is 14.5 Å². The molecule has 0 bridgehead atoms. The van der Waals surface area contributed by atoms with Crippen LogP contribution in [0, 0.1) is 0 Å². The van der Waals surface area contributed by atoms with Crippen molar-refractivity contribution in [2.24, 2.45) is 0 Å². The van der Waals surface area contributed by atoms with E-state index in [1.807, 2.05) is 6.92 Å². The number of carbonyl (C=O) groups is 3. The first-order valence-corrected chi connectivity index (χ1v) is 10.2. The van der Waals surface area contributed by atoms with Crippen molar-refractivity contribution < 1.29 is 23.5 Å². The van der Waals surface area contributed by atoms with Crippen molar-refractivity contribution in [1.29, 1.82) is 0 Å². The summed E-state index contributed by atoms with van der Waals surface area (Å²) < 4.78 is 11.0. The van der Waals surface area contributed by atoms with Gasteiger partial charge in [-0.1, -0.05) is 12.1 Å². The second-order valence-electron chi connectivity index (χ2n) is 6.39. The maximum atomic E-state index is 12.1. The highest BCUT2D eigenvalue weighted by Gasteiger charge is 2.11. The number of hydrogen-bond donors (Lipinski definition) is 3. The molecule has 1 aromatic heterocycles. The van der Waals surface area contributed by atoms with Crippen LogP contribution in [0.15, 0.2) is 69.8 Å². The number of anilines is 1. The number of benzene rings is 2. The number of amides is 3. The first kappa shape index (κ1) is 22.1. The summed E-state index contributed by atoms with van der Waals surface area (Å²) in [6.45, 7) is 2.41. The Morgan fingerprint density at radius 3 is 2.23 bits per heavy atom. The molecule has 3 N–H and O–H groups in total. The number of rotatable bonds is 7. The Bertz CT molecular complexity index is 1060. The molecule has 2 aromatic carbocycles. The minimum atomic E-state index is -0.431. The Labute approximate surface area is 187 Å². The van der Waals surface area contributed by atoms with E-state index in [-0.39, 0.29) is 24.0 Å². The zero-order valence-electron chi connectivity index (χ0n) is 16.6. The van der Waals surface area contributed by atoms with E-state index in [0.717, 1.165) is 0 Å². The van der Waals surface area contributed by atoms with Gasteiger partial charge in [0.1, 0.15) is 5.75 Å². The number of ether oxygens (including phenoxy) is 1. The van der Waals surface area contributed by atoms with E-state index in [0.29, 0.717) is 33.8 Å². The van der Waals surface area contributed by atoms with Crippen molar-refractivity contribution >= 4 is 39.3 Å². The fourth-order valence-corrected chi connectivity index (χ4v) is 2.94. The molecule has 0 unspecified atom stereocenters. The highest BCUT2D eigenvalue weighted by Crippen LogP contribution is 2.17. The molecule has 0 aliphatic rings. The number of hydrogen-bond acceptors (Lipinski definition) is 5. The van der Waals surface area contributed by atoms with Crippen molar-refractivity contribution in [2.45, 2.75) is 13.3 Å². The van der Waals surface area contributed by atoms with Crippen LogP contribution in [0.2, 0.25) is 0 Å². The molecule has 0 aliphatic heterocycles. The molecule has 0 saturated carbocycles. The fraction of sp³-hybridized carbons (Fsp3) is 0.136. The van der Waals surface area contributed by atoms with Crippen LogP contribution in [0.4, 0.5) is 5.69 Å². The summed E-state index contributed by atoms with van der Waals surface area (Å²) in [5.41, 5.74) is 6.43. The lowest BCUT2D eigenvalue weighted by molar-refractivity contribution is -0.121. The highest BCUT2D eigenvalue weighted by atomic mass is 79.9. The Morgan fingerprint density at radius 1 is 0.903 bits per heavy atom. The van der Waals surface area contributed by atoms with Crippen LogP contribution in [0.25, 0.3) is 0 Å². The van der Waals surface area contributed by atoms with Gasteiger partial charge >= 0.3 is 0 Å². The van der Waals surface area contributed by atoms with Crippen molar-refractivity contribution in [3.8, 4) is 5.75 Å².